The molecule has 1 aliphatic heterocycles. The Morgan fingerprint density at radius 1 is 1.39 bits per heavy atom. The van der Waals surface area contributed by atoms with Gasteiger partial charge in [-0.1, -0.05) is 6.92 Å². The SMILES string of the molecule is C[C@@H]1[C@@H]2OC(N)=N[C@@](C)(c3nc(NC(=O)c4ccc(C#N)cn4)ccc3F)[C@H]12. The number of pyridine rings is 2. The Morgan fingerprint density at radius 2 is 2.18 bits per heavy atom. The molecule has 0 bridgehead atoms. The maximum absolute atomic E-state index is 14.6. The number of nitrogens with zero attached hydrogens (tertiary/aromatic N) is 4. The van der Waals surface area contributed by atoms with Crippen molar-refractivity contribution >= 4 is 17.7 Å². The van der Waals surface area contributed by atoms with Crippen molar-refractivity contribution in [2.75, 3.05) is 5.32 Å². The van der Waals surface area contributed by atoms with E-state index in [9.17, 15) is 9.18 Å². The number of amides is 1. The fourth-order valence-electron chi connectivity index (χ4n) is 3.76. The van der Waals surface area contributed by atoms with E-state index in [1.165, 1.54) is 30.5 Å². The van der Waals surface area contributed by atoms with Crippen molar-refractivity contribution in [3.05, 3.63) is 53.2 Å². The van der Waals surface area contributed by atoms with Crippen LogP contribution in [0.4, 0.5) is 10.2 Å². The van der Waals surface area contributed by atoms with E-state index in [2.05, 4.69) is 20.3 Å². The van der Waals surface area contributed by atoms with E-state index in [1.54, 1.807) is 6.92 Å². The van der Waals surface area contributed by atoms with Gasteiger partial charge in [-0.2, -0.15) is 5.26 Å². The lowest BCUT2D eigenvalue weighted by atomic mass is 9.89. The van der Waals surface area contributed by atoms with E-state index >= 15 is 0 Å². The van der Waals surface area contributed by atoms with Crippen LogP contribution in [-0.4, -0.2) is 28.0 Å². The van der Waals surface area contributed by atoms with E-state index in [0.717, 1.165) is 0 Å². The summed E-state index contributed by atoms with van der Waals surface area (Å²) in [5.41, 5.74) is 5.35. The van der Waals surface area contributed by atoms with Crippen molar-refractivity contribution in [2.24, 2.45) is 22.6 Å². The lowest BCUT2D eigenvalue weighted by molar-refractivity contribution is 0.102. The van der Waals surface area contributed by atoms with Gasteiger partial charge in [0.15, 0.2) is 0 Å². The van der Waals surface area contributed by atoms with E-state index in [-0.39, 0.29) is 41.2 Å². The molecule has 2 aliphatic rings. The molecule has 4 rings (SSSR count). The van der Waals surface area contributed by atoms with Gasteiger partial charge in [0, 0.05) is 18.0 Å². The van der Waals surface area contributed by atoms with Crippen LogP contribution in [0.25, 0.3) is 0 Å². The molecule has 3 heterocycles. The molecule has 1 saturated carbocycles. The van der Waals surface area contributed by atoms with Crippen LogP contribution in [0.1, 0.15) is 35.6 Å². The maximum Gasteiger partial charge on any atom is 0.283 e. The van der Waals surface area contributed by atoms with Crippen molar-refractivity contribution in [2.45, 2.75) is 25.5 Å². The number of ether oxygens (including phenoxy) is 1. The summed E-state index contributed by atoms with van der Waals surface area (Å²) in [7, 11) is 0. The molecule has 1 aliphatic carbocycles. The number of nitrogens with two attached hydrogens (primary N) is 1. The van der Waals surface area contributed by atoms with Gasteiger partial charge in [-0.25, -0.2) is 19.4 Å². The predicted octanol–water partition coefficient (Wildman–Crippen LogP) is 1.93. The summed E-state index contributed by atoms with van der Waals surface area (Å²) in [6.07, 6.45) is 1.18. The van der Waals surface area contributed by atoms with Crippen LogP contribution in [0.5, 0.6) is 0 Å². The van der Waals surface area contributed by atoms with Gasteiger partial charge in [-0.05, 0) is 31.2 Å². The Hall–Kier alpha value is -3.54. The second-order valence-electron chi connectivity index (χ2n) is 7.09. The van der Waals surface area contributed by atoms with Gasteiger partial charge in [0.2, 0.25) is 0 Å². The Bertz CT molecular complexity index is 1030. The van der Waals surface area contributed by atoms with Crippen LogP contribution in [0.2, 0.25) is 0 Å². The molecule has 0 aromatic carbocycles. The van der Waals surface area contributed by atoms with Crippen LogP contribution >= 0.6 is 0 Å². The number of carbonyl (C=O) groups is 1. The number of hydrogen-bond donors (Lipinski definition) is 2. The highest BCUT2D eigenvalue weighted by atomic mass is 19.1. The normalized spacial score (nSPS) is 27.6. The number of amidine groups is 1. The maximum atomic E-state index is 14.6. The number of nitrogens with one attached hydrogen (secondary N) is 1. The topological polar surface area (TPSA) is 126 Å². The molecule has 4 atom stereocenters. The van der Waals surface area contributed by atoms with Gasteiger partial charge in [0.05, 0.1) is 5.56 Å². The molecule has 9 heteroatoms. The summed E-state index contributed by atoms with van der Waals surface area (Å²) >= 11 is 0. The zero-order chi connectivity index (χ0) is 20.1. The summed E-state index contributed by atoms with van der Waals surface area (Å²) in [6, 6.07) is 7.45. The molecule has 0 spiro atoms. The number of aromatic nitrogens is 2. The molecule has 2 aromatic heterocycles. The fraction of sp³-hybridized carbons (Fsp3) is 0.316. The molecule has 0 saturated heterocycles. The quantitative estimate of drug-likeness (QED) is 0.838. The molecule has 0 radical (unpaired) electrons. The second-order valence-corrected chi connectivity index (χ2v) is 7.09. The summed E-state index contributed by atoms with van der Waals surface area (Å²) in [6.45, 7) is 3.75. The van der Waals surface area contributed by atoms with Gasteiger partial charge >= 0.3 is 0 Å². The second kappa shape index (κ2) is 6.27. The number of aliphatic imine (C=N–C) groups is 1. The number of halogens is 1. The minimum atomic E-state index is -0.982. The summed E-state index contributed by atoms with van der Waals surface area (Å²) in [5, 5.41) is 11.4. The zero-order valence-corrected chi connectivity index (χ0v) is 15.2. The third-order valence-electron chi connectivity index (χ3n) is 5.24. The molecular weight excluding hydrogens is 363 g/mol. The van der Waals surface area contributed by atoms with Crippen LogP contribution < -0.4 is 11.1 Å². The summed E-state index contributed by atoms with van der Waals surface area (Å²) < 4.78 is 20.1. The monoisotopic (exact) mass is 380 g/mol. The van der Waals surface area contributed by atoms with Crippen molar-refractivity contribution in [1.29, 1.82) is 5.26 Å². The smallest absolute Gasteiger partial charge is 0.283 e. The van der Waals surface area contributed by atoms with Crippen LogP contribution in [-0.2, 0) is 10.3 Å². The highest BCUT2D eigenvalue weighted by Crippen LogP contribution is 2.56. The van der Waals surface area contributed by atoms with Crippen molar-refractivity contribution < 1.29 is 13.9 Å². The van der Waals surface area contributed by atoms with Gasteiger partial charge in [0.1, 0.15) is 40.7 Å². The Balaban J connectivity index is 1.63. The first-order valence-corrected chi connectivity index (χ1v) is 8.70. The van der Waals surface area contributed by atoms with E-state index in [4.69, 9.17) is 15.7 Å². The first-order chi connectivity index (χ1) is 13.3. The van der Waals surface area contributed by atoms with Crippen LogP contribution in [0, 0.1) is 29.0 Å². The van der Waals surface area contributed by atoms with E-state index in [0.29, 0.717) is 5.56 Å². The minimum absolute atomic E-state index is 0.00511. The van der Waals surface area contributed by atoms with Gasteiger partial charge in [0.25, 0.3) is 11.9 Å². The first kappa shape index (κ1) is 17.9. The average molecular weight is 380 g/mol. The van der Waals surface area contributed by atoms with Crippen LogP contribution in [0.3, 0.4) is 0 Å². The molecule has 1 amide bonds. The molecule has 2 aromatic rings. The fourth-order valence-corrected chi connectivity index (χ4v) is 3.76. The standard InChI is InChI=1S/C19H17FN6O2/c1-9-14-15(9)28-18(22)26-19(14,2)16-11(20)4-6-13(24-16)25-17(27)12-5-3-10(7-21)8-23-12/h3-6,8-9,14-15H,1-2H3,(H2,22,26)(H,24,25,27)/t9-,14+,15-,19+/m0/s1. The number of fused-ring (bicyclic) bond motifs is 1. The van der Waals surface area contributed by atoms with E-state index in [1.807, 2.05) is 13.0 Å². The number of anilines is 1. The van der Waals surface area contributed by atoms with Crippen molar-refractivity contribution in [1.82, 2.24) is 9.97 Å². The Kier molecular flexibility index (Phi) is 4.00. The number of nitriles is 1. The first-order valence-electron chi connectivity index (χ1n) is 8.70. The molecule has 142 valence electrons. The lowest BCUT2D eigenvalue weighted by Crippen LogP contribution is -2.36. The molecule has 8 nitrogen and oxygen atoms in total. The highest BCUT2D eigenvalue weighted by molar-refractivity contribution is 6.02. The molecule has 28 heavy (non-hydrogen) atoms. The molecule has 0 unspecified atom stereocenters. The highest BCUT2D eigenvalue weighted by Gasteiger charge is 2.63. The van der Waals surface area contributed by atoms with E-state index < -0.39 is 17.3 Å². The average Bonchev–Trinajstić information content (AvgIpc) is 3.33. The van der Waals surface area contributed by atoms with Crippen LogP contribution in [0.15, 0.2) is 35.5 Å². The summed E-state index contributed by atoms with van der Waals surface area (Å²) in [4.78, 5) is 25.0. The molecule has 1 fully saturated rings. The summed E-state index contributed by atoms with van der Waals surface area (Å²) in [5.74, 6) is -0.774. The number of hydrogen-bond acceptors (Lipinski definition) is 7. The Morgan fingerprint density at radius 3 is 2.86 bits per heavy atom. The Labute approximate surface area is 160 Å². The zero-order valence-electron chi connectivity index (χ0n) is 15.2. The van der Waals surface area contributed by atoms with Gasteiger partial charge in [-0.15, -0.1) is 0 Å². The van der Waals surface area contributed by atoms with Gasteiger partial charge < -0.3 is 15.8 Å². The number of carbonyl (C=O) groups excluding carboxylic acids is 1. The van der Waals surface area contributed by atoms with Crippen molar-refractivity contribution in [3.63, 3.8) is 0 Å². The third kappa shape index (κ3) is 2.83. The molecular formula is C19H17FN6O2. The molecule has 3 N–H and O–H groups in total. The predicted molar refractivity (Wildman–Crippen MR) is 97.6 cm³/mol. The van der Waals surface area contributed by atoms with Gasteiger partial charge in [-0.3, -0.25) is 4.79 Å². The largest absolute Gasteiger partial charge is 0.461 e. The third-order valence-corrected chi connectivity index (χ3v) is 5.24. The van der Waals surface area contributed by atoms with Crippen molar-refractivity contribution in [3.8, 4) is 6.07 Å². The lowest BCUT2D eigenvalue weighted by Gasteiger charge is -2.29. The minimum Gasteiger partial charge on any atom is -0.461 e. The number of rotatable bonds is 3.